The summed E-state index contributed by atoms with van der Waals surface area (Å²) in [7, 11) is 0. The van der Waals surface area contributed by atoms with Crippen molar-refractivity contribution in [1.82, 2.24) is 0 Å². The van der Waals surface area contributed by atoms with Gasteiger partial charge in [0, 0.05) is 0 Å². The number of aldehydes is 1. The molecule has 0 radical (unpaired) electrons. The minimum Gasteiger partial charge on any atom is -0.477 e. The van der Waals surface area contributed by atoms with Gasteiger partial charge >= 0.3 is 0 Å². The molecule has 1 aliphatic heterocycles. The number of carbonyl (C=O) groups is 1. The molecule has 0 aliphatic carbocycles. The molecule has 0 aromatic carbocycles. The summed E-state index contributed by atoms with van der Waals surface area (Å²) < 4.78 is 28.3. The smallest absolute Gasteiger partial charge is 0.294 e. The van der Waals surface area contributed by atoms with Crippen LogP contribution in [-0.2, 0) is 9.53 Å². The van der Waals surface area contributed by atoms with Gasteiger partial charge in [-0.25, -0.2) is 8.78 Å². The summed E-state index contributed by atoms with van der Waals surface area (Å²) in [5, 5.41) is 0. The zero-order valence-electron chi connectivity index (χ0n) is 5.54. The van der Waals surface area contributed by atoms with E-state index in [4.69, 9.17) is 0 Å². The minimum absolute atomic E-state index is 0.454. The largest absolute Gasteiger partial charge is 0.477 e. The quantitative estimate of drug-likeness (QED) is 0.569. The lowest BCUT2D eigenvalue weighted by Crippen LogP contribution is -2.16. The van der Waals surface area contributed by atoms with Crippen molar-refractivity contribution in [3.63, 3.8) is 0 Å². The van der Waals surface area contributed by atoms with E-state index in [0.29, 0.717) is 6.29 Å². The average molecular weight is 160 g/mol. The van der Waals surface area contributed by atoms with Gasteiger partial charge in [-0.05, 0) is 12.2 Å². The SMILES string of the molecule is O=CC1C=CC=C(C(F)F)O1. The van der Waals surface area contributed by atoms with Crippen molar-refractivity contribution in [2.45, 2.75) is 12.5 Å². The summed E-state index contributed by atoms with van der Waals surface area (Å²) in [5.41, 5.74) is 0. The molecular weight excluding hydrogens is 154 g/mol. The number of ether oxygens (including phenoxy) is 1. The first-order valence-electron chi connectivity index (χ1n) is 3.02. The summed E-state index contributed by atoms with van der Waals surface area (Å²) in [6.07, 6.45) is 0.880. The van der Waals surface area contributed by atoms with E-state index in [-0.39, 0.29) is 0 Å². The fourth-order valence-corrected chi connectivity index (χ4v) is 0.693. The summed E-state index contributed by atoms with van der Waals surface area (Å²) in [5.74, 6) is -0.454. The monoisotopic (exact) mass is 160 g/mol. The molecule has 1 rings (SSSR count). The van der Waals surface area contributed by atoms with Gasteiger partial charge in [-0.15, -0.1) is 0 Å². The molecule has 0 bridgehead atoms. The number of alkyl halides is 2. The van der Waals surface area contributed by atoms with Crippen molar-refractivity contribution in [2.75, 3.05) is 0 Å². The van der Waals surface area contributed by atoms with Gasteiger partial charge in [-0.2, -0.15) is 0 Å². The highest BCUT2D eigenvalue weighted by molar-refractivity contribution is 5.60. The van der Waals surface area contributed by atoms with Crippen LogP contribution in [0.2, 0.25) is 0 Å². The van der Waals surface area contributed by atoms with Crippen molar-refractivity contribution in [1.29, 1.82) is 0 Å². The fourth-order valence-electron chi connectivity index (χ4n) is 0.693. The molecule has 4 heteroatoms. The molecule has 0 spiro atoms. The molecule has 1 heterocycles. The summed E-state index contributed by atoms with van der Waals surface area (Å²) in [6.45, 7) is 0. The van der Waals surface area contributed by atoms with Gasteiger partial charge in [-0.1, -0.05) is 6.08 Å². The highest BCUT2D eigenvalue weighted by atomic mass is 19.3. The molecule has 1 aliphatic rings. The highest BCUT2D eigenvalue weighted by Crippen LogP contribution is 2.16. The Morgan fingerprint density at radius 3 is 2.91 bits per heavy atom. The molecular formula is C7H6F2O2. The second kappa shape index (κ2) is 3.27. The van der Waals surface area contributed by atoms with Crippen LogP contribution in [0.5, 0.6) is 0 Å². The minimum atomic E-state index is -2.65. The standard InChI is InChI=1S/C7H6F2O2/c8-7(9)6-3-1-2-5(4-10)11-6/h1-5,7H. The summed E-state index contributed by atoms with van der Waals surface area (Å²) in [4.78, 5) is 10.1. The Labute approximate surface area is 62.2 Å². The number of hydrogen-bond acceptors (Lipinski definition) is 2. The Morgan fingerprint density at radius 2 is 2.36 bits per heavy atom. The van der Waals surface area contributed by atoms with Crippen LogP contribution >= 0.6 is 0 Å². The van der Waals surface area contributed by atoms with E-state index < -0.39 is 18.3 Å². The third-order valence-corrected chi connectivity index (χ3v) is 1.18. The first kappa shape index (κ1) is 7.91. The van der Waals surface area contributed by atoms with Crippen LogP contribution < -0.4 is 0 Å². The zero-order valence-corrected chi connectivity index (χ0v) is 5.54. The van der Waals surface area contributed by atoms with Crippen LogP contribution in [-0.4, -0.2) is 18.8 Å². The maximum Gasteiger partial charge on any atom is 0.294 e. The normalized spacial score (nSPS) is 22.8. The molecule has 0 saturated heterocycles. The Balaban J connectivity index is 2.64. The number of carbonyl (C=O) groups excluding carboxylic acids is 1. The van der Waals surface area contributed by atoms with Crippen molar-refractivity contribution in [3.05, 3.63) is 24.0 Å². The third-order valence-electron chi connectivity index (χ3n) is 1.18. The lowest BCUT2D eigenvalue weighted by Gasteiger charge is -2.14. The van der Waals surface area contributed by atoms with E-state index in [1.807, 2.05) is 0 Å². The van der Waals surface area contributed by atoms with Crippen LogP contribution in [0.1, 0.15) is 0 Å². The number of rotatable bonds is 2. The van der Waals surface area contributed by atoms with Gasteiger partial charge in [-0.3, -0.25) is 4.79 Å². The molecule has 11 heavy (non-hydrogen) atoms. The maximum absolute atomic E-state index is 11.9. The van der Waals surface area contributed by atoms with Crippen molar-refractivity contribution < 1.29 is 18.3 Å². The Kier molecular flexibility index (Phi) is 2.36. The van der Waals surface area contributed by atoms with Gasteiger partial charge in [0.25, 0.3) is 6.43 Å². The molecule has 2 nitrogen and oxygen atoms in total. The topological polar surface area (TPSA) is 26.3 Å². The molecule has 0 fully saturated rings. The van der Waals surface area contributed by atoms with Gasteiger partial charge in [0.05, 0.1) is 0 Å². The lowest BCUT2D eigenvalue weighted by molar-refractivity contribution is -0.114. The molecule has 0 N–H and O–H groups in total. The van der Waals surface area contributed by atoms with E-state index in [1.165, 1.54) is 12.2 Å². The molecule has 0 aromatic heterocycles. The van der Waals surface area contributed by atoms with Crippen LogP contribution in [0.3, 0.4) is 0 Å². The van der Waals surface area contributed by atoms with E-state index in [1.54, 1.807) is 0 Å². The van der Waals surface area contributed by atoms with E-state index >= 15 is 0 Å². The van der Waals surface area contributed by atoms with Crippen LogP contribution in [0, 0.1) is 0 Å². The van der Waals surface area contributed by atoms with Crippen molar-refractivity contribution in [2.24, 2.45) is 0 Å². The van der Waals surface area contributed by atoms with Gasteiger partial charge in [0.1, 0.15) is 0 Å². The summed E-state index contributed by atoms with van der Waals surface area (Å²) in [6, 6.07) is 0. The van der Waals surface area contributed by atoms with Crippen LogP contribution in [0.15, 0.2) is 24.0 Å². The maximum atomic E-state index is 11.9. The molecule has 0 aromatic rings. The predicted octanol–water partition coefficient (Wildman–Crippen LogP) is 1.29. The second-order valence-electron chi connectivity index (χ2n) is 1.97. The highest BCUT2D eigenvalue weighted by Gasteiger charge is 2.18. The molecule has 1 unspecified atom stereocenters. The van der Waals surface area contributed by atoms with Crippen LogP contribution in [0.4, 0.5) is 8.78 Å². The molecule has 0 saturated carbocycles. The number of hydrogen-bond donors (Lipinski definition) is 0. The number of allylic oxidation sites excluding steroid dienone is 3. The van der Waals surface area contributed by atoms with E-state index in [0.717, 1.165) is 6.08 Å². The third kappa shape index (κ3) is 1.86. The molecule has 60 valence electrons. The average Bonchev–Trinajstić information content (AvgIpc) is 2.05. The number of halogens is 2. The zero-order chi connectivity index (χ0) is 8.27. The van der Waals surface area contributed by atoms with Crippen LogP contribution in [0.25, 0.3) is 0 Å². The molecule has 1 atom stereocenters. The lowest BCUT2D eigenvalue weighted by atomic mass is 10.2. The van der Waals surface area contributed by atoms with Gasteiger partial charge < -0.3 is 4.74 Å². The van der Waals surface area contributed by atoms with E-state index in [2.05, 4.69) is 4.74 Å². The Morgan fingerprint density at radius 1 is 1.64 bits per heavy atom. The van der Waals surface area contributed by atoms with Gasteiger partial charge in [0.2, 0.25) is 0 Å². The Hall–Kier alpha value is -1.19. The fraction of sp³-hybridized carbons (Fsp3) is 0.286. The molecule has 0 amide bonds. The summed E-state index contributed by atoms with van der Waals surface area (Å²) >= 11 is 0. The first-order valence-corrected chi connectivity index (χ1v) is 3.02. The van der Waals surface area contributed by atoms with Crippen molar-refractivity contribution in [3.8, 4) is 0 Å². The second-order valence-corrected chi connectivity index (χ2v) is 1.97. The predicted molar refractivity (Wildman–Crippen MR) is 34.2 cm³/mol. The first-order chi connectivity index (χ1) is 5.24. The van der Waals surface area contributed by atoms with Crippen molar-refractivity contribution >= 4 is 6.29 Å². The van der Waals surface area contributed by atoms with E-state index in [9.17, 15) is 13.6 Å². The van der Waals surface area contributed by atoms with Gasteiger partial charge in [0.15, 0.2) is 18.1 Å². The Bertz CT molecular complexity index is 208.